The molecule has 0 aliphatic rings. The number of nitrogens with one attached hydrogen (secondary N) is 1. The molecule has 1 unspecified atom stereocenters. The summed E-state index contributed by atoms with van der Waals surface area (Å²) < 4.78 is 23.9. The Bertz CT molecular complexity index is 777. The van der Waals surface area contributed by atoms with E-state index < -0.39 is 23.3 Å². The maximum absolute atomic E-state index is 12.9. The van der Waals surface area contributed by atoms with Crippen molar-refractivity contribution < 1.29 is 28.6 Å². The molecule has 2 N–H and O–H groups in total. The van der Waals surface area contributed by atoms with Crippen LogP contribution in [0.15, 0.2) is 54.6 Å². The zero-order valence-corrected chi connectivity index (χ0v) is 15.9. The van der Waals surface area contributed by atoms with Gasteiger partial charge in [0.2, 0.25) is 12.0 Å². The molecule has 0 spiro atoms. The second kappa shape index (κ2) is 9.85. The summed E-state index contributed by atoms with van der Waals surface area (Å²) in [4.78, 5) is 23.8. The summed E-state index contributed by atoms with van der Waals surface area (Å²) in [5, 5.41) is 11.9. The third kappa shape index (κ3) is 6.66. The van der Waals surface area contributed by atoms with Gasteiger partial charge >= 0.3 is 5.97 Å². The molecule has 6 nitrogen and oxygen atoms in total. The lowest BCUT2D eigenvalue weighted by Crippen LogP contribution is -2.46. The van der Waals surface area contributed by atoms with Crippen molar-refractivity contribution in [3.63, 3.8) is 0 Å². The number of halogens is 1. The molecular weight excluding hydrogens is 365 g/mol. The van der Waals surface area contributed by atoms with Gasteiger partial charge in [-0.1, -0.05) is 30.3 Å². The second-order valence-corrected chi connectivity index (χ2v) is 6.97. The first-order chi connectivity index (χ1) is 13.3. The van der Waals surface area contributed by atoms with Crippen molar-refractivity contribution in [1.29, 1.82) is 0 Å². The van der Waals surface area contributed by atoms with E-state index in [9.17, 15) is 19.1 Å². The summed E-state index contributed by atoms with van der Waals surface area (Å²) in [7, 11) is 0. The Morgan fingerprint density at radius 3 is 2.36 bits per heavy atom. The average Bonchev–Trinajstić information content (AvgIpc) is 2.66. The number of carbonyl (C=O) groups excluding carboxylic acids is 1. The molecular formula is C21H24FNO5. The van der Waals surface area contributed by atoms with E-state index in [0.29, 0.717) is 6.61 Å². The third-order valence-electron chi connectivity index (χ3n) is 4.00. The number of carboxylic acid groups (broad SMARTS) is 1. The average molecular weight is 389 g/mol. The molecule has 0 saturated carbocycles. The highest BCUT2D eigenvalue weighted by Crippen LogP contribution is 2.17. The molecule has 0 heterocycles. The lowest BCUT2D eigenvalue weighted by molar-refractivity contribution is -0.145. The van der Waals surface area contributed by atoms with Gasteiger partial charge in [0.25, 0.3) is 0 Å². The largest absolute Gasteiger partial charge is 0.478 e. The van der Waals surface area contributed by atoms with Crippen LogP contribution in [0.5, 0.6) is 5.75 Å². The van der Waals surface area contributed by atoms with Crippen LogP contribution in [0.1, 0.15) is 19.4 Å². The van der Waals surface area contributed by atoms with Crippen LogP contribution >= 0.6 is 0 Å². The lowest BCUT2D eigenvalue weighted by atomic mass is 9.93. The van der Waals surface area contributed by atoms with Gasteiger partial charge in [-0.3, -0.25) is 4.79 Å². The molecule has 0 aliphatic carbocycles. The first-order valence-corrected chi connectivity index (χ1v) is 8.83. The summed E-state index contributed by atoms with van der Waals surface area (Å²) in [6.07, 6.45) is -1.30. The SMILES string of the molecule is CC(C)(COCc1ccccc1)C(=O)NCC(Oc1ccc(F)cc1)C(=O)O. The first-order valence-electron chi connectivity index (χ1n) is 8.83. The molecule has 7 heteroatoms. The Hall–Kier alpha value is -2.93. The summed E-state index contributed by atoms with van der Waals surface area (Å²) in [6.45, 7) is 3.74. The molecule has 2 aromatic rings. The molecule has 0 bridgehead atoms. The lowest BCUT2D eigenvalue weighted by Gasteiger charge is -2.24. The first kappa shape index (κ1) is 21.4. The van der Waals surface area contributed by atoms with E-state index in [-0.39, 0.29) is 24.8 Å². The monoisotopic (exact) mass is 389 g/mol. The van der Waals surface area contributed by atoms with Crippen LogP contribution in [0.4, 0.5) is 4.39 Å². The Labute approximate surface area is 163 Å². The minimum Gasteiger partial charge on any atom is -0.478 e. The molecule has 0 fully saturated rings. The number of amides is 1. The fourth-order valence-corrected chi connectivity index (χ4v) is 2.35. The maximum atomic E-state index is 12.9. The molecule has 2 aromatic carbocycles. The number of rotatable bonds is 10. The van der Waals surface area contributed by atoms with Gasteiger partial charge in [0.05, 0.1) is 25.2 Å². The highest BCUT2D eigenvalue weighted by molar-refractivity contribution is 5.83. The van der Waals surface area contributed by atoms with Crippen molar-refractivity contribution >= 4 is 11.9 Å². The number of benzene rings is 2. The third-order valence-corrected chi connectivity index (χ3v) is 4.00. The summed E-state index contributed by atoms with van der Waals surface area (Å²) in [5.41, 5.74) is 0.144. The summed E-state index contributed by atoms with van der Waals surface area (Å²) in [6, 6.07) is 14.6. The second-order valence-electron chi connectivity index (χ2n) is 6.97. The Morgan fingerprint density at radius 1 is 1.11 bits per heavy atom. The highest BCUT2D eigenvalue weighted by Gasteiger charge is 2.30. The van der Waals surface area contributed by atoms with Crippen molar-refractivity contribution in [3.8, 4) is 5.75 Å². The fourth-order valence-electron chi connectivity index (χ4n) is 2.35. The van der Waals surface area contributed by atoms with Crippen molar-refractivity contribution in [1.82, 2.24) is 5.32 Å². The van der Waals surface area contributed by atoms with Gasteiger partial charge in [-0.25, -0.2) is 9.18 Å². The smallest absolute Gasteiger partial charge is 0.346 e. The number of hydrogen-bond acceptors (Lipinski definition) is 4. The van der Waals surface area contributed by atoms with E-state index in [4.69, 9.17) is 9.47 Å². The molecule has 0 aliphatic heterocycles. The Balaban J connectivity index is 1.84. The molecule has 0 saturated heterocycles. The standard InChI is InChI=1S/C21H24FNO5/c1-21(2,14-27-13-15-6-4-3-5-7-15)20(26)23-12-18(19(24)25)28-17-10-8-16(22)9-11-17/h3-11,18H,12-14H2,1-2H3,(H,23,26)(H,24,25). The molecule has 28 heavy (non-hydrogen) atoms. The van der Waals surface area contributed by atoms with Crippen LogP contribution < -0.4 is 10.1 Å². The van der Waals surface area contributed by atoms with Gasteiger partial charge in [0, 0.05) is 0 Å². The Kier molecular flexibility index (Phi) is 7.52. The quantitative estimate of drug-likeness (QED) is 0.653. The predicted molar refractivity (Wildman–Crippen MR) is 101 cm³/mol. The summed E-state index contributed by atoms with van der Waals surface area (Å²) >= 11 is 0. The van der Waals surface area contributed by atoms with Crippen LogP contribution in [0.25, 0.3) is 0 Å². The van der Waals surface area contributed by atoms with Crippen LogP contribution in [0, 0.1) is 11.2 Å². The van der Waals surface area contributed by atoms with Gasteiger partial charge in [-0.05, 0) is 43.7 Å². The van der Waals surface area contributed by atoms with E-state index >= 15 is 0 Å². The van der Waals surface area contributed by atoms with E-state index in [0.717, 1.165) is 5.56 Å². The van der Waals surface area contributed by atoms with Crippen molar-refractivity contribution in [2.24, 2.45) is 5.41 Å². The number of carbonyl (C=O) groups is 2. The van der Waals surface area contributed by atoms with Gasteiger partial charge in [-0.2, -0.15) is 0 Å². The minimum atomic E-state index is -1.30. The van der Waals surface area contributed by atoms with Crippen LogP contribution in [0.3, 0.4) is 0 Å². The molecule has 150 valence electrons. The van der Waals surface area contributed by atoms with Gasteiger partial charge < -0.3 is 19.9 Å². The van der Waals surface area contributed by atoms with E-state index in [1.54, 1.807) is 13.8 Å². The number of ether oxygens (including phenoxy) is 2. The maximum Gasteiger partial charge on any atom is 0.346 e. The fraction of sp³-hybridized carbons (Fsp3) is 0.333. The van der Waals surface area contributed by atoms with E-state index in [1.165, 1.54) is 24.3 Å². The van der Waals surface area contributed by atoms with Crippen molar-refractivity contribution in [3.05, 3.63) is 66.0 Å². The van der Waals surface area contributed by atoms with E-state index in [1.807, 2.05) is 30.3 Å². The summed E-state index contributed by atoms with van der Waals surface area (Å²) in [5.74, 6) is -1.84. The van der Waals surface area contributed by atoms with Crippen LogP contribution in [-0.4, -0.2) is 36.2 Å². The number of aliphatic carboxylic acids is 1. The Morgan fingerprint density at radius 2 is 1.75 bits per heavy atom. The molecule has 2 rings (SSSR count). The molecule has 0 radical (unpaired) electrons. The minimum absolute atomic E-state index is 0.171. The number of carboxylic acids is 1. The van der Waals surface area contributed by atoms with Crippen LogP contribution in [0.2, 0.25) is 0 Å². The van der Waals surface area contributed by atoms with Gasteiger partial charge in [0.1, 0.15) is 11.6 Å². The van der Waals surface area contributed by atoms with Crippen LogP contribution in [-0.2, 0) is 20.9 Å². The van der Waals surface area contributed by atoms with Crippen molar-refractivity contribution in [2.75, 3.05) is 13.2 Å². The van der Waals surface area contributed by atoms with Gasteiger partial charge in [-0.15, -0.1) is 0 Å². The zero-order chi connectivity index (χ0) is 20.6. The topological polar surface area (TPSA) is 84.9 Å². The molecule has 1 atom stereocenters. The van der Waals surface area contributed by atoms with Crippen molar-refractivity contribution in [2.45, 2.75) is 26.6 Å². The number of hydrogen-bond donors (Lipinski definition) is 2. The predicted octanol–water partition coefficient (Wildman–Crippen LogP) is 3.02. The normalized spacial score (nSPS) is 12.2. The van der Waals surface area contributed by atoms with E-state index in [2.05, 4.69) is 5.32 Å². The molecule has 1 amide bonds. The highest BCUT2D eigenvalue weighted by atomic mass is 19.1. The van der Waals surface area contributed by atoms with Gasteiger partial charge in [0.15, 0.2) is 0 Å². The zero-order valence-electron chi connectivity index (χ0n) is 15.9. The molecule has 0 aromatic heterocycles.